The molecule has 1 heterocycles. The first kappa shape index (κ1) is 17.3. The third kappa shape index (κ3) is 4.22. The van der Waals surface area contributed by atoms with Crippen LogP contribution in [-0.2, 0) is 19.1 Å². The van der Waals surface area contributed by atoms with Crippen molar-refractivity contribution in [3.05, 3.63) is 0 Å². The monoisotopic (exact) mass is 311 g/mol. The smallest absolute Gasteiger partial charge is 0.310 e. The molecule has 0 radical (unpaired) electrons. The van der Waals surface area contributed by atoms with Crippen LogP contribution >= 0.6 is 0 Å². The Hall–Kier alpha value is -1.10. The Labute approximate surface area is 133 Å². The van der Waals surface area contributed by atoms with E-state index in [1.807, 2.05) is 0 Å². The molecule has 1 aliphatic heterocycles. The van der Waals surface area contributed by atoms with Gasteiger partial charge in [0.2, 0.25) is 5.91 Å². The van der Waals surface area contributed by atoms with Crippen molar-refractivity contribution < 1.29 is 19.1 Å². The van der Waals surface area contributed by atoms with Crippen molar-refractivity contribution in [3.63, 3.8) is 0 Å². The number of amides is 1. The van der Waals surface area contributed by atoms with Crippen LogP contribution in [0.1, 0.15) is 64.7 Å². The van der Waals surface area contributed by atoms with Gasteiger partial charge in [-0.3, -0.25) is 9.59 Å². The molecule has 2 rings (SSSR count). The molecule has 3 atom stereocenters. The van der Waals surface area contributed by atoms with Gasteiger partial charge in [-0.25, -0.2) is 0 Å². The summed E-state index contributed by atoms with van der Waals surface area (Å²) in [5, 5.41) is 3.07. The molecule has 22 heavy (non-hydrogen) atoms. The molecule has 0 aromatic carbocycles. The molecule has 1 unspecified atom stereocenters. The number of hydrogen-bond acceptors (Lipinski definition) is 4. The van der Waals surface area contributed by atoms with Gasteiger partial charge < -0.3 is 14.8 Å². The molecule has 0 aromatic heterocycles. The molecule has 2 aliphatic rings. The van der Waals surface area contributed by atoms with Crippen molar-refractivity contribution in [2.24, 2.45) is 5.92 Å². The quantitative estimate of drug-likeness (QED) is 0.605. The molecular formula is C17H29NO4. The SMILES string of the molecule is CCCCCC(=O)N[C@@H]1CC2(CCCO2)CC[C@@H]1C(=O)OC. The fourth-order valence-corrected chi connectivity index (χ4v) is 3.78. The first-order valence-corrected chi connectivity index (χ1v) is 8.61. The second-order valence-electron chi connectivity index (χ2n) is 6.64. The van der Waals surface area contributed by atoms with Crippen molar-refractivity contribution in [2.75, 3.05) is 13.7 Å². The van der Waals surface area contributed by atoms with Gasteiger partial charge in [0.1, 0.15) is 0 Å². The molecule has 1 N–H and O–H groups in total. The Morgan fingerprint density at radius 3 is 2.77 bits per heavy atom. The highest BCUT2D eigenvalue weighted by Crippen LogP contribution is 2.42. The van der Waals surface area contributed by atoms with Gasteiger partial charge in [-0.05, 0) is 38.5 Å². The van der Waals surface area contributed by atoms with Gasteiger partial charge in [0.05, 0.1) is 18.6 Å². The first-order valence-electron chi connectivity index (χ1n) is 8.61. The minimum atomic E-state index is -0.241. The highest BCUT2D eigenvalue weighted by molar-refractivity contribution is 5.78. The Balaban J connectivity index is 1.97. The molecule has 0 aromatic rings. The summed E-state index contributed by atoms with van der Waals surface area (Å²) in [4.78, 5) is 24.1. The van der Waals surface area contributed by atoms with Crippen LogP contribution in [0, 0.1) is 5.92 Å². The molecule has 0 bridgehead atoms. The van der Waals surface area contributed by atoms with Crippen LogP contribution in [0.3, 0.4) is 0 Å². The lowest BCUT2D eigenvalue weighted by molar-refractivity contribution is -0.151. The maximum absolute atomic E-state index is 12.1. The number of nitrogens with one attached hydrogen (secondary N) is 1. The predicted molar refractivity (Wildman–Crippen MR) is 83.3 cm³/mol. The molecule has 1 saturated heterocycles. The van der Waals surface area contributed by atoms with E-state index in [1.165, 1.54) is 7.11 Å². The van der Waals surface area contributed by atoms with E-state index in [2.05, 4.69) is 12.2 Å². The van der Waals surface area contributed by atoms with Crippen LogP contribution < -0.4 is 5.32 Å². The normalized spacial score (nSPS) is 31.2. The standard InChI is InChI=1S/C17H29NO4/c1-3-4-5-7-15(19)18-14-12-17(9-6-11-22-17)10-8-13(14)16(20)21-2/h13-14H,3-12H2,1-2H3,(H,18,19)/t13-,14+,17?/m0/s1. The Morgan fingerprint density at radius 1 is 1.32 bits per heavy atom. The van der Waals surface area contributed by atoms with Gasteiger partial charge in [-0.2, -0.15) is 0 Å². The van der Waals surface area contributed by atoms with E-state index in [0.29, 0.717) is 6.42 Å². The number of unbranched alkanes of at least 4 members (excludes halogenated alkanes) is 2. The van der Waals surface area contributed by atoms with Gasteiger partial charge in [-0.1, -0.05) is 19.8 Å². The Morgan fingerprint density at radius 2 is 2.14 bits per heavy atom. The maximum Gasteiger partial charge on any atom is 0.310 e. The van der Waals surface area contributed by atoms with E-state index in [-0.39, 0.29) is 29.4 Å². The van der Waals surface area contributed by atoms with Crippen LogP contribution in [0.15, 0.2) is 0 Å². The molecule has 2 fully saturated rings. The average molecular weight is 311 g/mol. The minimum absolute atomic E-state index is 0.0439. The van der Waals surface area contributed by atoms with Gasteiger partial charge in [-0.15, -0.1) is 0 Å². The highest BCUT2D eigenvalue weighted by atomic mass is 16.5. The number of methoxy groups -OCH3 is 1. The molecule has 5 nitrogen and oxygen atoms in total. The van der Waals surface area contributed by atoms with Crippen LogP contribution in [-0.4, -0.2) is 37.2 Å². The van der Waals surface area contributed by atoms with Crippen LogP contribution in [0.2, 0.25) is 0 Å². The third-order valence-corrected chi connectivity index (χ3v) is 5.03. The fraction of sp³-hybridized carbons (Fsp3) is 0.882. The number of esters is 1. The number of carbonyl (C=O) groups is 2. The van der Waals surface area contributed by atoms with E-state index in [4.69, 9.17) is 9.47 Å². The summed E-state index contributed by atoms with van der Waals surface area (Å²) in [6, 6.07) is -0.159. The van der Waals surface area contributed by atoms with Crippen LogP contribution in [0.25, 0.3) is 0 Å². The largest absolute Gasteiger partial charge is 0.469 e. The summed E-state index contributed by atoms with van der Waals surface area (Å²) in [6.07, 6.45) is 8.03. The van der Waals surface area contributed by atoms with Crippen molar-refractivity contribution in [1.82, 2.24) is 5.32 Å². The highest BCUT2D eigenvalue weighted by Gasteiger charge is 2.46. The average Bonchev–Trinajstić information content (AvgIpc) is 2.95. The first-order chi connectivity index (χ1) is 10.6. The lowest BCUT2D eigenvalue weighted by Gasteiger charge is -2.41. The summed E-state index contributed by atoms with van der Waals surface area (Å²) in [6.45, 7) is 2.91. The molecule has 1 spiro atoms. The molecule has 5 heteroatoms. The molecule has 1 saturated carbocycles. The van der Waals surface area contributed by atoms with Gasteiger partial charge in [0.15, 0.2) is 0 Å². The summed E-state index contributed by atoms with van der Waals surface area (Å²) >= 11 is 0. The Bertz CT molecular complexity index is 390. The number of hydrogen-bond donors (Lipinski definition) is 1. The zero-order valence-corrected chi connectivity index (χ0v) is 13.9. The van der Waals surface area contributed by atoms with Crippen molar-refractivity contribution in [2.45, 2.75) is 76.4 Å². The zero-order valence-electron chi connectivity index (χ0n) is 13.9. The summed E-state index contributed by atoms with van der Waals surface area (Å²) in [5.74, 6) is -0.413. The van der Waals surface area contributed by atoms with E-state index in [1.54, 1.807) is 0 Å². The number of ether oxygens (including phenoxy) is 2. The van der Waals surface area contributed by atoms with Crippen molar-refractivity contribution in [1.29, 1.82) is 0 Å². The Kier molecular flexibility index (Phi) is 6.24. The van der Waals surface area contributed by atoms with E-state index in [0.717, 1.165) is 58.0 Å². The van der Waals surface area contributed by atoms with E-state index >= 15 is 0 Å². The van der Waals surface area contributed by atoms with Gasteiger partial charge in [0, 0.05) is 19.1 Å². The zero-order chi connectivity index (χ0) is 16.0. The third-order valence-electron chi connectivity index (χ3n) is 5.03. The van der Waals surface area contributed by atoms with E-state index < -0.39 is 0 Å². The number of rotatable bonds is 6. The van der Waals surface area contributed by atoms with Gasteiger partial charge >= 0.3 is 5.97 Å². The fourth-order valence-electron chi connectivity index (χ4n) is 3.78. The summed E-state index contributed by atoms with van der Waals surface area (Å²) in [5.41, 5.74) is -0.133. The molecule has 1 aliphatic carbocycles. The summed E-state index contributed by atoms with van der Waals surface area (Å²) in [7, 11) is 1.42. The second-order valence-corrected chi connectivity index (χ2v) is 6.64. The lowest BCUT2D eigenvalue weighted by Crippen LogP contribution is -2.52. The summed E-state index contributed by atoms with van der Waals surface area (Å²) < 4.78 is 10.9. The van der Waals surface area contributed by atoms with E-state index in [9.17, 15) is 9.59 Å². The predicted octanol–water partition coefficient (Wildman–Crippen LogP) is 2.57. The second kappa shape index (κ2) is 7.95. The van der Waals surface area contributed by atoms with Crippen LogP contribution in [0.5, 0.6) is 0 Å². The lowest BCUT2D eigenvalue weighted by atomic mass is 9.74. The van der Waals surface area contributed by atoms with Crippen molar-refractivity contribution >= 4 is 11.9 Å². The number of carbonyl (C=O) groups excluding carboxylic acids is 2. The van der Waals surface area contributed by atoms with Gasteiger partial charge in [0.25, 0.3) is 0 Å². The molecular weight excluding hydrogens is 282 g/mol. The molecule has 126 valence electrons. The molecule has 1 amide bonds. The van der Waals surface area contributed by atoms with Crippen molar-refractivity contribution in [3.8, 4) is 0 Å². The van der Waals surface area contributed by atoms with Crippen LogP contribution in [0.4, 0.5) is 0 Å². The topological polar surface area (TPSA) is 64.6 Å². The minimum Gasteiger partial charge on any atom is -0.469 e. The maximum atomic E-state index is 12.1.